The molecule has 3 aromatic rings. The average molecular weight is 464 g/mol. The van der Waals surface area contributed by atoms with E-state index in [1.807, 2.05) is 51.1 Å². The minimum atomic E-state index is -0.324. The number of rotatable bonds is 3. The maximum absolute atomic E-state index is 12.6. The summed E-state index contributed by atoms with van der Waals surface area (Å²) in [5.74, 6) is 0.517. The van der Waals surface area contributed by atoms with E-state index in [2.05, 4.69) is 15.2 Å². The van der Waals surface area contributed by atoms with Crippen molar-refractivity contribution in [3.63, 3.8) is 0 Å². The van der Waals surface area contributed by atoms with Gasteiger partial charge in [0.1, 0.15) is 17.2 Å². The number of anilines is 4. The van der Waals surface area contributed by atoms with E-state index in [-0.39, 0.29) is 17.4 Å². The number of hydrogen-bond donors (Lipinski definition) is 1. The van der Waals surface area contributed by atoms with Gasteiger partial charge in [-0.15, -0.1) is 0 Å². The predicted octanol–water partition coefficient (Wildman–Crippen LogP) is 4.13. The Labute approximate surface area is 196 Å². The summed E-state index contributed by atoms with van der Waals surface area (Å²) in [5.41, 5.74) is 3.60. The Morgan fingerprint density at radius 3 is 2.76 bits per heavy atom. The van der Waals surface area contributed by atoms with Crippen molar-refractivity contribution < 1.29 is 14.3 Å². The Hall–Kier alpha value is -3.46. The van der Waals surface area contributed by atoms with Crippen LogP contribution in [0.2, 0.25) is 0 Å². The summed E-state index contributed by atoms with van der Waals surface area (Å²) in [6.45, 7) is 8.54. The molecule has 1 aromatic carbocycles. The molecule has 2 aromatic heterocycles. The first-order chi connectivity index (χ1) is 15.7. The smallest absolute Gasteiger partial charge is 0.263 e. The standard InChI is InChI=1S/C24H25N5O3S/c1-14-5-6-17(13-25-14)29(15(2)30)16-7-8-20-19(11-16)28(9-10-32-20)23-26-18-12-24(3,4)27-22(31)21(18)33-23/h5-8,11,13H,9-10,12H2,1-4H3,(H,27,31). The number of carbonyl (C=O) groups is 2. The van der Waals surface area contributed by atoms with E-state index in [0.717, 1.165) is 22.2 Å². The van der Waals surface area contributed by atoms with Gasteiger partial charge in [-0.3, -0.25) is 19.5 Å². The number of nitrogens with one attached hydrogen (secondary N) is 1. The Balaban J connectivity index is 1.55. The molecule has 1 N–H and O–H groups in total. The van der Waals surface area contributed by atoms with Crippen molar-refractivity contribution in [2.75, 3.05) is 23.0 Å². The molecule has 0 bridgehead atoms. The lowest BCUT2D eigenvalue weighted by molar-refractivity contribution is -0.115. The first-order valence-corrected chi connectivity index (χ1v) is 11.6. The minimum Gasteiger partial charge on any atom is -0.490 e. The zero-order chi connectivity index (χ0) is 23.3. The summed E-state index contributed by atoms with van der Waals surface area (Å²) in [5, 5.41) is 3.79. The van der Waals surface area contributed by atoms with E-state index in [9.17, 15) is 9.59 Å². The number of pyridine rings is 1. The third-order valence-electron chi connectivity index (χ3n) is 5.72. The molecule has 0 aliphatic carbocycles. The molecular formula is C24H25N5O3S. The van der Waals surface area contributed by atoms with Crippen molar-refractivity contribution in [1.82, 2.24) is 15.3 Å². The molecule has 0 radical (unpaired) electrons. The quantitative estimate of drug-likeness (QED) is 0.629. The molecule has 0 atom stereocenters. The van der Waals surface area contributed by atoms with Gasteiger partial charge < -0.3 is 15.0 Å². The van der Waals surface area contributed by atoms with E-state index in [1.165, 1.54) is 18.3 Å². The topological polar surface area (TPSA) is 87.7 Å². The number of thiazole rings is 1. The van der Waals surface area contributed by atoms with Gasteiger partial charge in [0.05, 0.1) is 35.5 Å². The van der Waals surface area contributed by atoms with Gasteiger partial charge in [-0.1, -0.05) is 11.3 Å². The van der Waals surface area contributed by atoms with Crippen LogP contribution in [-0.4, -0.2) is 40.5 Å². The summed E-state index contributed by atoms with van der Waals surface area (Å²) in [4.78, 5) is 38.7. The average Bonchev–Trinajstić information content (AvgIpc) is 3.17. The second-order valence-electron chi connectivity index (χ2n) is 8.95. The molecule has 2 amide bonds. The van der Waals surface area contributed by atoms with E-state index >= 15 is 0 Å². The van der Waals surface area contributed by atoms with Crippen LogP contribution in [0.3, 0.4) is 0 Å². The van der Waals surface area contributed by atoms with Gasteiger partial charge in [-0.25, -0.2) is 4.98 Å². The van der Waals surface area contributed by atoms with Crippen molar-refractivity contribution in [1.29, 1.82) is 0 Å². The summed E-state index contributed by atoms with van der Waals surface area (Å²) in [6.07, 6.45) is 2.38. The van der Waals surface area contributed by atoms with Gasteiger partial charge in [0.25, 0.3) is 5.91 Å². The van der Waals surface area contributed by atoms with E-state index in [0.29, 0.717) is 41.6 Å². The Bertz CT molecular complexity index is 1250. The molecular weight excluding hydrogens is 438 g/mol. The van der Waals surface area contributed by atoms with E-state index in [1.54, 1.807) is 11.1 Å². The molecule has 0 saturated carbocycles. The molecule has 4 heterocycles. The van der Waals surface area contributed by atoms with Gasteiger partial charge >= 0.3 is 0 Å². The second kappa shape index (κ2) is 7.84. The van der Waals surface area contributed by atoms with Crippen molar-refractivity contribution >= 4 is 45.3 Å². The number of ether oxygens (including phenoxy) is 1. The summed E-state index contributed by atoms with van der Waals surface area (Å²) >= 11 is 1.39. The molecule has 33 heavy (non-hydrogen) atoms. The van der Waals surface area contributed by atoms with Crippen molar-refractivity contribution in [3.8, 4) is 5.75 Å². The van der Waals surface area contributed by atoms with E-state index < -0.39 is 0 Å². The van der Waals surface area contributed by atoms with Crippen molar-refractivity contribution in [2.24, 2.45) is 0 Å². The van der Waals surface area contributed by atoms with Gasteiger partial charge in [0, 0.05) is 24.6 Å². The minimum absolute atomic E-state index is 0.0816. The number of fused-ring (bicyclic) bond motifs is 2. The zero-order valence-corrected chi connectivity index (χ0v) is 19.8. The number of aromatic nitrogens is 2. The normalized spacial score (nSPS) is 16.4. The molecule has 0 spiro atoms. The lowest BCUT2D eigenvalue weighted by Crippen LogP contribution is -2.48. The van der Waals surface area contributed by atoms with Crippen molar-refractivity contribution in [2.45, 2.75) is 39.7 Å². The maximum Gasteiger partial charge on any atom is 0.263 e. The fourth-order valence-electron chi connectivity index (χ4n) is 4.23. The first-order valence-electron chi connectivity index (χ1n) is 10.8. The Morgan fingerprint density at radius 2 is 2.03 bits per heavy atom. The van der Waals surface area contributed by atoms with Gasteiger partial charge in [-0.05, 0) is 51.1 Å². The lowest BCUT2D eigenvalue weighted by atomic mass is 9.94. The third-order valence-corrected chi connectivity index (χ3v) is 6.84. The Kier molecular flexibility index (Phi) is 5.08. The van der Waals surface area contributed by atoms with Gasteiger partial charge in [0.15, 0.2) is 5.13 Å². The maximum atomic E-state index is 12.6. The van der Waals surface area contributed by atoms with Crippen LogP contribution in [0.1, 0.15) is 41.8 Å². The molecule has 0 saturated heterocycles. The second-order valence-corrected chi connectivity index (χ2v) is 9.93. The van der Waals surface area contributed by atoms with Crippen LogP contribution in [-0.2, 0) is 11.2 Å². The lowest BCUT2D eigenvalue weighted by Gasteiger charge is -2.31. The highest BCUT2D eigenvalue weighted by Gasteiger charge is 2.35. The highest BCUT2D eigenvalue weighted by molar-refractivity contribution is 7.17. The predicted molar refractivity (Wildman–Crippen MR) is 128 cm³/mol. The number of aryl methyl sites for hydroxylation is 1. The summed E-state index contributed by atoms with van der Waals surface area (Å²) in [6, 6.07) is 9.43. The van der Waals surface area contributed by atoms with Crippen LogP contribution < -0.4 is 19.9 Å². The summed E-state index contributed by atoms with van der Waals surface area (Å²) in [7, 11) is 0. The zero-order valence-electron chi connectivity index (χ0n) is 19.0. The highest BCUT2D eigenvalue weighted by Crippen LogP contribution is 2.43. The van der Waals surface area contributed by atoms with Crippen LogP contribution in [0.5, 0.6) is 5.75 Å². The van der Waals surface area contributed by atoms with Crippen LogP contribution in [0, 0.1) is 6.92 Å². The molecule has 2 aliphatic heterocycles. The highest BCUT2D eigenvalue weighted by atomic mass is 32.1. The molecule has 170 valence electrons. The van der Waals surface area contributed by atoms with Gasteiger partial charge in [0.2, 0.25) is 5.91 Å². The molecule has 2 aliphatic rings. The molecule has 8 nitrogen and oxygen atoms in total. The third kappa shape index (κ3) is 3.93. The van der Waals surface area contributed by atoms with E-state index in [4.69, 9.17) is 9.72 Å². The van der Waals surface area contributed by atoms with Crippen LogP contribution >= 0.6 is 11.3 Å². The van der Waals surface area contributed by atoms with Crippen LogP contribution in [0.25, 0.3) is 0 Å². The fourth-order valence-corrected chi connectivity index (χ4v) is 5.25. The SMILES string of the molecule is CC(=O)N(c1ccc(C)nc1)c1ccc2c(c1)N(c1nc3c(s1)C(=O)NC(C)(C)C3)CCO2. The molecule has 0 unspecified atom stereocenters. The molecule has 5 rings (SSSR count). The number of amides is 2. The van der Waals surface area contributed by atoms with Crippen molar-refractivity contribution in [3.05, 3.63) is 52.8 Å². The molecule has 9 heteroatoms. The monoisotopic (exact) mass is 463 g/mol. The molecule has 0 fully saturated rings. The summed E-state index contributed by atoms with van der Waals surface area (Å²) < 4.78 is 5.89. The van der Waals surface area contributed by atoms with Gasteiger partial charge in [-0.2, -0.15) is 0 Å². The number of benzene rings is 1. The number of nitrogens with zero attached hydrogens (tertiary/aromatic N) is 4. The van der Waals surface area contributed by atoms with Crippen LogP contribution in [0.4, 0.5) is 22.2 Å². The number of carbonyl (C=O) groups excluding carboxylic acids is 2. The largest absolute Gasteiger partial charge is 0.490 e. The fraction of sp³-hybridized carbons (Fsp3) is 0.333. The first kappa shape index (κ1) is 21.4. The van der Waals surface area contributed by atoms with Crippen LogP contribution in [0.15, 0.2) is 36.5 Å². The number of hydrogen-bond acceptors (Lipinski definition) is 7. The Morgan fingerprint density at radius 1 is 1.24 bits per heavy atom.